The highest BCUT2D eigenvalue weighted by atomic mass is 19.1. The second-order valence-electron chi connectivity index (χ2n) is 4.56. The van der Waals surface area contributed by atoms with Gasteiger partial charge in [0, 0.05) is 0 Å². The van der Waals surface area contributed by atoms with E-state index in [9.17, 15) is 4.39 Å². The van der Waals surface area contributed by atoms with Crippen molar-refractivity contribution in [2.45, 2.75) is 20.0 Å². The van der Waals surface area contributed by atoms with Crippen LogP contribution in [0.25, 0.3) is 0 Å². The first-order valence-corrected chi connectivity index (χ1v) is 6.45. The number of benzene rings is 2. The first kappa shape index (κ1) is 14.6. The fraction of sp³-hybridized carbons (Fsp3) is 0.200. The van der Waals surface area contributed by atoms with Crippen molar-refractivity contribution < 1.29 is 19.2 Å². The molecule has 0 bridgehead atoms. The summed E-state index contributed by atoms with van der Waals surface area (Å²) in [6.45, 7) is 2.23. The fourth-order valence-corrected chi connectivity index (χ4v) is 1.93. The Bertz CT molecular complexity index is 587. The van der Waals surface area contributed by atoms with Gasteiger partial charge in [-0.2, -0.15) is 0 Å². The van der Waals surface area contributed by atoms with Crippen LogP contribution in [0.3, 0.4) is 0 Å². The third kappa shape index (κ3) is 3.82. The van der Waals surface area contributed by atoms with E-state index >= 15 is 0 Å². The summed E-state index contributed by atoms with van der Waals surface area (Å²) in [4.78, 5) is 0. The molecule has 0 unspecified atom stereocenters. The quantitative estimate of drug-likeness (QED) is 0.815. The molecule has 0 aliphatic carbocycles. The Balaban J connectivity index is 2.10. The Morgan fingerprint density at radius 3 is 2.60 bits per heavy atom. The molecule has 0 saturated carbocycles. The van der Waals surface area contributed by atoms with Crippen molar-refractivity contribution in [3.05, 3.63) is 59.4 Å². The monoisotopic (exact) mass is 274 g/mol. The summed E-state index contributed by atoms with van der Waals surface area (Å²) in [6.07, 6.45) is 0.915. The molecule has 0 fully saturated rings. The predicted octanol–water partition coefficient (Wildman–Crippen LogP) is 1.65. The lowest BCUT2D eigenvalue weighted by Gasteiger charge is -2.09. The fourth-order valence-electron chi connectivity index (χ4n) is 1.93. The molecule has 2 aromatic rings. The van der Waals surface area contributed by atoms with Crippen molar-refractivity contribution in [2.75, 3.05) is 0 Å². The van der Waals surface area contributed by atoms with E-state index in [0.717, 1.165) is 18.1 Å². The molecule has 0 amide bonds. The minimum absolute atomic E-state index is 0.117. The molecule has 5 heteroatoms. The van der Waals surface area contributed by atoms with Gasteiger partial charge in [0.1, 0.15) is 18.2 Å². The van der Waals surface area contributed by atoms with Crippen molar-refractivity contribution in [2.24, 2.45) is 0 Å². The molecule has 2 aromatic carbocycles. The minimum atomic E-state index is -1.69. The lowest BCUT2D eigenvalue weighted by atomic mass is 9.79. The maximum atomic E-state index is 13.4. The molecular weight excluding hydrogens is 258 g/mol. The van der Waals surface area contributed by atoms with Crippen LogP contribution in [-0.2, 0) is 13.0 Å². The van der Waals surface area contributed by atoms with Crippen molar-refractivity contribution in [1.29, 1.82) is 0 Å². The molecule has 20 heavy (non-hydrogen) atoms. The minimum Gasteiger partial charge on any atom is -0.489 e. The largest absolute Gasteiger partial charge is 0.489 e. The average molecular weight is 274 g/mol. The number of rotatable bonds is 5. The molecule has 0 aromatic heterocycles. The molecule has 0 aliphatic heterocycles. The first-order chi connectivity index (χ1) is 9.58. The Morgan fingerprint density at radius 1 is 1.10 bits per heavy atom. The number of halogens is 1. The molecule has 104 valence electrons. The zero-order chi connectivity index (χ0) is 14.5. The SMILES string of the molecule is CCc1cccc(OCc2cc(F)cc(B(O)O)c2)c1. The van der Waals surface area contributed by atoms with E-state index in [1.807, 2.05) is 24.3 Å². The molecule has 0 saturated heterocycles. The standard InChI is InChI=1S/C15H16BFO3/c1-2-11-4-3-5-15(8-11)20-10-12-6-13(16(18)19)9-14(17)7-12/h3-9,18-19H,2,10H2,1H3. The maximum Gasteiger partial charge on any atom is 0.488 e. The molecule has 0 atom stereocenters. The maximum absolute atomic E-state index is 13.4. The summed E-state index contributed by atoms with van der Waals surface area (Å²) in [5.74, 6) is 0.191. The first-order valence-electron chi connectivity index (χ1n) is 6.45. The Morgan fingerprint density at radius 2 is 1.90 bits per heavy atom. The van der Waals surface area contributed by atoms with Crippen LogP contribution >= 0.6 is 0 Å². The van der Waals surface area contributed by atoms with Crippen LogP contribution in [0.15, 0.2) is 42.5 Å². The topological polar surface area (TPSA) is 49.7 Å². The van der Waals surface area contributed by atoms with Gasteiger partial charge < -0.3 is 14.8 Å². The van der Waals surface area contributed by atoms with Gasteiger partial charge in [0.15, 0.2) is 0 Å². The molecule has 0 spiro atoms. The van der Waals surface area contributed by atoms with E-state index in [0.29, 0.717) is 11.3 Å². The molecule has 0 radical (unpaired) electrons. The van der Waals surface area contributed by atoms with E-state index < -0.39 is 12.9 Å². The van der Waals surface area contributed by atoms with Gasteiger partial charge in [0.05, 0.1) is 0 Å². The van der Waals surface area contributed by atoms with Crippen LogP contribution in [0.2, 0.25) is 0 Å². The number of hydrogen-bond donors (Lipinski definition) is 2. The smallest absolute Gasteiger partial charge is 0.488 e. The van der Waals surface area contributed by atoms with Gasteiger partial charge in [-0.05, 0) is 47.3 Å². The summed E-state index contributed by atoms with van der Waals surface area (Å²) < 4.78 is 18.9. The summed E-state index contributed by atoms with van der Waals surface area (Å²) in [5.41, 5.74) is 1.83. The Kier molecular flexibility index (Phi) is 4.77. The summed E-state index contributed by atoms with van der Waals surface area (Å²) in [7, 11) is -1.69. The molecule has 2 rings (SSSR count). The van der Waals surface area contributed by atoms with Crippen LogP contribution in [0, 0.1) is 5.82 Å². The zero-order valence-corrected chi connectivity index (χ0v) is 11.2. The van der Waals surface area contributed by atoms with Crippen LogP contribution in [0.4, 0.5) is 4.39 Å². The molecule has 3 nitrogen and oxygen atoms in total. The highest BCUT2D eigenvalue weighted by Gasteiger charge is 2.13. The number of ether oxygens (including phenoxy) is 1. The van der Waals surface area contributed by atoms with Crippen LogP contribution < -0.4 is 10.2 Å². The zero-order valence-electron chi connectivity index (χ0n) is 11.2. The van der Waals surface area contributed by atoms with Gasteiger partial charge in [0.25, 0.3) is 0 Å². The van der Waals surface area contributed by atoms with E-state index in [1.54, 1.807) is 0 Å². The molecule has 0 heterocycles. The second kappa shape index (κ2) is 6.54. The predicted molar refractivity (Wildman–Crippen MR) is 76.4 cm³/mol. The molecule has 0 aliphatic rings. The van der Waals surface area contributed by atoms with E-state index in [2.05, 4.69) is 6.92 Å². The summed E-state index contributed by atoms with van der Waals surface area (Å²) >= 11 is 0. The summed E-state index contributed by atoms with van der Waals surface area (Å²) in [6, 6.07) is 11.6. The van der Waals surface area contributed by atoms with Gasteiger partial charge in [-0.25, -0.2) is 4.39 Å². The van der Waals surface area contributed by atoms with E-state index in [-0.39, 0.29) is 12.1 Å². The van der Waals surface area contributed by atoms with Crippen molar-refractivity contribution in [3.8, 4) is 5.75 Å². The van der Waals surface area contributed by atoms with E-state index in [1.165, 1.54) is 12.1 Å². The van der Waals surface area contributed by atoms with E-state index in [4.69, 9.17) is 14.8 Å². The van der Waals surface area contributed by atoms with Crippen molar-refractivity contribution >= 4 is 12.6 Å². The highest BCUT2D eigenvalue weighted by molar-refractivity contribution is 6.58. The lowest BCUT2D eigenvalue weighted by Crippen LogP contribution is -2.30. The molecular formula is C15H16BFO3. The summed E-state index contributed by atoms with van der Waals surface area (Å²) in [5, 5.41) is 18.1. The average Bonchev–Trinajstić information content (AvgIpc) is 2.44. The third-order valence-electron chi connectivity index (χ3n) is 2.99. The third-order valence-corrected chi connectivity index (χ3v) is 2.99. The van der Waals surface area contributed by atoms with Crippen molar-refractivity contribution in [1.82, 2.24) is 0 Å². The number of hydrogen-bond acceptors (Lipinski definition) is 3. The van der Waals surface area contributed by atoms with Crippen LogP contribution in [-0.4, -0.2) is 17.2 Å². The Labute approximate surface area is 117 Å². The second-order valence-corrected chi connectivity index (χ2v) is 4.56. The molecule has 2 N–H and O–H groups in total. The van der Waals surface area contributed by atoms with Crippen molar-refractivity contribution in [3.63, 3.8) is 0 Å². The van der Waals surface area contributed by atoms with Crippen LogP contribution in [0.5, 0.6) is 5.75 Å². The highest BCUT2D eigenvalue weighted by Crippen LogP contribution is 2.15. The lowest BCUT2D eigenvalue weighted by molar-refractivity contribution is 0.305. The van der Waals surface area contributed by atoms with Gasteiger partial charge >= 0.3 is 7.12 Å². The Hall–Kier alpha value is -1.85. The van der Waals surface area contributed by atoms with Gasteiger partial charge in [0.2, 0.25) is 0 Å². The van der Waals surface area contributed by atoms with Crippen LogP contribution in [0.1, 0.15) is 18.1 Å². The van der Waals surface area contributed by atoms with Gasteiger partial charge in [-0.3, -0.25) is 0 Å². The number of aryl methyl sites for hydroxylation is 1. The normalized spacial score (nSPS) is 10.4. The van der Waals surface area contributed by atoms with Gasteiger partial charge in [-0.15, -0.1) is 0 Å². The van der Waals surface area contributed by atoms with Gasteiger partial charge in [-0.1, -0.05) is 25.1 Å².